The molecule has 0 unspecified atom stereocenters. The third-order valence-corrected chi connectivity index (χ3v) is 5.39. The molecule has 0 saturated carbocycles. The van der Waals surface area contributed by atoms with Crippen LogP contribution in [0.3, 0.4) is 0 Å². The van der Waals surface area contributed by atoms with E-state index in [2.05, 4.69) is 5.32 Å². The maximum Gasteiger partial charge on any atom is 0.338 e. The first kappa shape index (κ1) is 25.5. The molecule has 0 aromatic heterocycles. The van der Waals surface area contributed by atoms with Gasteiger partial charge in [0.2, 0.25) is 0 Å². The fourth-order valence-corrected chi connectivity index (χ4v) is 3.60. The number of amides is 1. The fourth-order valence-electron chi connectivity index (χ4n) is 3.32. The Bertz CT molecular complexity index is 1310. The molecule has 0 aliphatic carbocycles. The van der Waals surface area contributed by atoms with Gasteiger partial charge in [-0.3, -0.25) is 4.79 Å². The molecule has 0 bridgehead atoms. The lowest BCUT2D eigenvalue weighted by molar-refractivity contribution is -0.112. The standard InChI is InChI=1S/C27H22ClFN2O4/c1-3-35-27(33)18-8-10-21(11-9-18)31-26(32)20(16-30)12-17-13-23(28)22(25(14-17)34-2)15-19-6-4-5-7-24(19)29/h4-14H,3,15H2,1-2H3,(H,31,32)/b20-12+. The molecule has 3 rings (SSSR count). The van der Waals surface area contributed by atoms with Crippen LogP contribution in [0.4, 0.5) is 10.1 Å². The van der Waals surface area contributed by atoms with E-state index in [0.29, 0.717) is 38.7 Å². The number of esters is 1. The summed E-state index contributed by atoms with van der Waals surface area (Å²) in [5, 5.41) is 12.5. The van der Waals surface area contributed by atoms with Gasteiger partial charge in [-0.15, -0.1) is 0 Å². The van der Waals surface area contributed by atoms with Crippen molar-refractivity contribution >= 4 is 35.2 Å². The van der Waals surface area contributed by atoms with Crippen LogP contribution in [0, 0.1) is 17.1 Å². The number of nitriles is 1. The van der Waals surface area contributed by atoms with E-state index in [1.807, 2.05) is 6.07 Å². The van der Waals surface area contributed by atoms with Crippen molar-refractivity contribution in [3.8, 4) is 11.8 Å². The van der Waals surface area contributed by atoms with Gasteiger partial charge >= 0.3 is 5.97 Å². The summed E-state index contributed by atoms with van der Waals surface area (Å²) in [7, 11) is 1.46. The number of anilines is 1. The first-order valence-electron chi connectivity index (χ1n) is 10.7. The number of nitrogens with one attached hydrogen (secondary N) is 1. The van der Waals surface area contributed by atoms with Crippen molar-refractivity contribution in [1.29, 1.82) is 5.26 Å². The molecule has 0 saturated heterocycles. The van der Waals surface area contributed by atoms with Crippen LogP contribution < -0.4 is 10.1 Å². The lowest BCUT2D eigenvalue weighted by Crippen LogP contribution is -2.13. The maximum atomic E-state index is 14.1. The number of methoxy groups -OCH3 is 1. The Morgan fingerprint density at radius 1 is 1.14 bits per heavy atom. The number of benzene rings is 3. The highest BCUT2D eigenvalue weighted by Crippen LogP contribution is 2.32. The van der Waals surface area contributed by atoms with Crippen LogP contribution in [-0.4, -0.2) is 25.6 Å². The van der Waals surface area contributed by atoms with Gasteiger partial charge in [-0.2, -0.15) is 5.26 Å². The van der Waals surface area contributed by atoms with E-state index in [0.717, 1.165) is 0 Å². The molecule has 1 N–H and O–H groups in total. The molecule has 3 aromatic rings. The number of nitrogens with zero attached hydrogens (tertiary/aromatic N) is 1. The molecular formula is C27H22ClFN2O4. The van der Waals surface area contributed by atoms with E-state index >= 15 is 0 Å². The molecule has 0 atom stereocenters. The summed E-state index contributed by atoms with van der Waals surface area (Å²) in [5.41, 5.74) is 2.09. The van der Waals surface area contributed by atoms with Gasteiger partial charge in [-0.1, -0.05) is 29.8 Å². The number of rotatable bonds is 8. The van der Waals surface area contributed by atoms with Crippen molar-refractivity contribution in [2.24, 2.45) is 0 Å². The predicted octanol–water partition coefficient (Wildman–Crippen LogP) is 5.80. The third kappa shape index (κ3) is 6.46. The van der Waals surface area contributed by atoms with Gasteiger partial charge in [0, 0.05) is 22.7 Å². The molecule has 35 heavy (non-hydrogen) atoms. The van der Waals surface area contributed by atoms with Crippen molar-refractivity contribution in [3.05, 3.63) is 99.3 Å². The zero-order valence-electron chi connectivity index (χ0n) is 19.1. The average Bonchev–Trinajstić information content (AvgIpc) is 2.85. The molecule has 178 valence electrons. The Balaban J connectivity index is 1.82. The second kappa shape index (κ2) is 11.8. The van der Waals surface area contributed by atoms with Crippen LogP contribution in [0.25, 0.3) is 6.08 Å². The lowest BCUT2D eigenvalue weighted by atomic mass is 10.0. The first-order chi connectivity index (χ1) is 16.9. The zero-order chi connectivity index (χ0) is 25.4. The maximum absolute atomic E-state index is 14.1. The summed E-state index contributed by atoms with van der Waals surface area (Å²) in [5.74, 6) is -1.05. The third-order valence-electron chi connectivity index (χ3n) is 5.05. The van der Waals surface area contributed by atoms with E-state index in [-0.39, 0.29) is 24.4 Å². The number of hydrogen-bond acceptors (Lipinski definition) is 5. The molecule has 3 aromatic carbocycles. The van der Waals surface area contributed by atoms with E-state index in [9.17, 15) is 19.2 Å². The van der Waals surface area contributed by atoms with E-state index in [1.165, 1.54) is 43.5 Å². The normalized spacial score (nSPS) is 10.9. The summed E-state index contributed by atoms with van der Waals surface area (Å²) in [4.78, 5) is 24.4. The Kier molecular flexibility index (Phi) is 8.60. The van der Waals surface area contributed by atoms with E-state index in [1.54, 1.807) is 37.3 Å². The summed E-state index contributed by atoms with van der Waals surface area (Å²) in [6.07, 6.45) is 1.59. The van der Waals surface area contributed by atoms with Gasteiger partial charge < -0.3 is 14.8 Å². The Morgan fingerprint density at radius 3 is 2.49 bits per heavy atom. The molecule has 6 nitrogen and oxygen atoms in total. The minimum absolute atomic E-state index is 0.167. The second-order valence-corrected chi connectivity index (χ2v) is 7.78. The Hall–Kier alpha value is -4.15. The molecule has 0 radical (unpaired) electrons. The van der Waals surface area contributed by atoms with Gasteiger partial charge in [0.25, 0.3) is 5.91 Å². The highest BCUT2D eigenvalue weighted by atomic mass is 35.5. The Morgan fingerprint density at radius 2 is 1.86 bits per heavy atom. The molecule has 0 heterocycles. The molecule has 0 aliphatic rings. The number of halogens is 2. The van der Waals surface area contributed by atoms with Gasteiger partial charge in [-0.25, -0.2) is 9.18 Å². The van der Waals surface area contributed by atoms with Crippen molar-refractivity contribution in [2.45, 2.75) is 13.3 Å². The fraction of sp³-hybridized carbons (Fsp3) is 0.148. The largest absolute Gasteiger partial charge is 0.496 e. The quantitative estimate of drug-likeness (QED) is 0.244. The number of carbonyl (C=O) groups is 2. The number of carbonyl (C=O) groups excluding carboxylic acids is 2. The van der Waals surface area contributed by atoms with Gasteiger partial charge in [0.1, 0.15) is 23.2 Å². The van der Waals surface area contributed by atoms with Crippen LogP contribution in [0.1, 0.15) is 34.0 Å². The van der Waals surface area contributed by atoms with Crippen LogP contribution in [0.5, 0.6) is 5.75 Å². The minimum Gasteiger partial charge on any atom is -0.496 e. The lowest BCUT2D eigenvalue weighted by Gasteiger charge is -2.13. The van der Waals surface area contributed by atoms with Crippen LogP contribution in [-0.2, 0) is 16.0 Å². The molecule has 0 aliphatic heterocycles. The SMILES string of the molecule is CCOC(=O)c1ccc(NC(=O)/C(C#N)=C/c2cc(Cl)c(Cc3ccccc3F)c(OC)c2)cc1. The molecule has 0 fully saturated rings. The van der Waals surface area contributed by atoms with Crippen molar-refractivity contribution in [2.75, 3.05) is 19.0 Å². The summed E-state index contributed by atoms with van der Waals surface area (Å²) < 4.78 is 24.5. The molecule has 8 heteroatoms. The highest BCUT2D eigenvalue weighted by molar-refractivity contribution is 6.31. The van der Waals surface area contributed by atoms with Gasteiger partial charge in [0.15, 0.2) is 0 Å². The predicted molar refractivity (Wildman–Crippen MR) is 132 cm³/mol. The van der Waals surface area contributed by atoms with Crippen LogP contribution >= 0.6 is 11.6 Å². The van der Waals surface area contributed by atoms with Crippen molar-refractivity contribution in [1.82, 2.24) is 0 Å². The highest BCUT2D eigenvalue weighted by Gasteiger charge is 2.15. The smallest absolute Gasteiger partial charge is 0.338 e. The molecular weight excluding hydrogens is 471 g/mol. The van der Waals surface area contributed by atoms with Crippen molar-refractivity contribution in [3.63, 3.8) is 0 Å². The second-order valence-electron chi connectivity index (χ2n) is 7.37. The summed E-state index contributed by atoms with van der Waals surface area (Å²) in [6.45, 7) is 1.97. The van der Waals surface area contributed by atoms with E-state index in [4.69, 9.17) is 21.1 Å². The van der Waals surface area contributed by atoms with Crippen LogP contribution in [0.2, 0.25) is 5.02 Å². The minimum atomic E-state index is -0.637. The average molecular weight is 493 g/mol. The van der Waals surface area contributed by atoms with Gasteiger partial charge in [-0.05, 0) is 66.6 Å². The zero-order valence-corrected chi connectivity index (χ0v) is 19.9. The number of hydrogen-bond donors (Lipinski definition) is 1. The van der Waals surface area contributed by atoms with Crippen molar-refractivity contribution < 1.29 is 23.5 Å². The molecule has 1 amide bonds. The first-order valence-corrected chi connectivity index (χ1v) is 11.0. The molecule has 0 spiro atoms. The van der Waals surface area contributed by atoms with Gasteiger partial charge in [0.05, 0.1) is 19.3 Å². The van der Waals surface area contributed by atoms with E-state index < -0.39 is 11.9 Å². The summed E-state index contributed by atoms with van der Waals surface area (Å²) >= 11 is 6.46. The van der Waals surface area contributed by atoms with Crippen LogP contribution in [0.15, 0.2) is 66.2 Å². The topological polar surface area (TPSA) is 88.4 Å². The number of ether oxygens (including phenoxy) is 2. The summed E-state index contributed by atoms with van der Waals surface area (Å²) in [6, 6.07) is 17.6. The Labute approximate surface area is 207 Å². The monoisotopic (exact) mass is 492 g/mol.